The van der Waals surface area contributed by atoms with Gasteiger partial charge >= 0.3 is 0 Å². The summed E-state index contributed by atoms with van der Waals surface area (Å²) in [6.07, 6.45) is 10.2. The zero-order valence-corrected chi connectivity index (χ0v) is 12.1. The number of hydrogen-bond acceptors (Lipinski definition) is 4. The molecule has 2 heterocycles. The molecule has 5 nitrogen and oxygen atoms in total. The largest absolute Gasteiger partial charge is 0.351 e. The van der Waals surface area contributed by atoms with Gasteiger partial charge in [0.25, 0.3) is 0 Å². The lowest BCUT2D eigenvalue weighted by Crippen LogP contribution is -2.40. The van der Waals surface area contributed by atoms with Crippen molar-refractivity contribution < 1.29 is 0 Å². The first kappa shape index (κ1) is 13.4. The minimum atomic E-state index is 0.571. The van der Waals surface area contributed by atoms with Crippen molar-refractivity contribution in [1.29, 1.82) is 0 Å². The Morgan fingerprint density at radius 2 is 2.15 bits per heavy atom. The molecule has 0 aliphatic heterocycles. The van der Waals surface area contributed by atoms with E-state index in [0.717, 1.165) is 23.6 Å². The van der Waals surface area contributed by atoms with Gasteiger partial charge in [-0.15, -0.1) is 0 Å². The van der Waals surface area contributed by atoms with Crippen molar-refractivity contribution in [2.75, 3.05) is 18.0 Å². The van der Waals surface area contributed by atoms with E-state index in [-0.39, 0.29) is 0 Å². The van der Waals surface area contributed by atoms with Gasteiger partial charge in [-0.05, 0) is 25.8 Å². The predicted octanol–water partition coefficient (Wildman–Crippen LogP) is 2.14. The highest BCUT2D eigenvalue weighted by Crippen LogP contribution is 2.28. The summed E-state index contributed by atoms with van der Waals surface area (Å²) < 4.78 is 1.92. The van der Waals surface area contributed by atoms with E-state index in [2.05, 4.69) is 21.0 Å². The molecule has 5 heteroatoms. The third-order valence-electron chi connectivity index (χ3n) is 4.15. The van der Waals surface area contributed by atoms with Crippen LogP contribution in [0.25, 0.3) is 5.52 Å². The number of rotatable bonds is 4. The summed E-state index contributed by atoms with van der Waals surface area (Å²) in [5.74, 6) is 1.03. The van der Waals surface area contributed by atoms with Crippen molar-refractivity contribution in [3.05, 3.63) is 24.2 Å². The van der Waals surface area contributed by atoms with E-state index >= 15 is 0 Å². The lowest BCUT2D eigenvalue weighted by Gasteiger charge is -2.35. The highest BCUT2D eigenvalue weighted by molar-refractivity contribution is 5.69. The maximum Gasteiger partial charge on any atom is 0.154 e. The van der Waals surface area contributed by atoms with Crippen molar-refractivity contribution >= 4 is 11.3 Å². The Morgan fingerprint density at radius 3 is 2.90 bits per heavy atom. The van der Waals surface area contributed by atoms with Crippen molar-refractivity contribution in [2.24, 2.45) is 5.73 Å². The Hall–Kier alpha value is -1.62. The van der Waals surface area contributed by atoms with Crippen LogP contribution < -0.4 is 10.6 Å². The summed E-state index contributed by atoms with van der Waals surface area (Å²) in [5, 5.41) is 4.48. The fraction of sp³-hybridized carbons (Fsp3) is 0.600. The molecule has 1 aliphatic rings. The van der Waals surface area contributed by atoms with Gasteiger partial charge in [0.2, 0.25) is 0 Å². The van der Waals surface area contributed by atoms with E-state index in [1.807, 2.05) is 23.8 Å². The van der Waals surface area contributed by atoms with E-state index in [1.54, 1.807) is 0 Å². The van der Waals surface area contributed by atoms with Crippen LogP contribution in [0.3, 0.4) is 0 Å². The van der Waals surface area contributed by atoms with Crippen molar-refractivity contribution in [1.82, 2.24) is 14.6 Å². The van der Waals surface area contributed by atoms with E-state index < -0.39 is 0 Å². The second kappa shape index (κ2) is 5.79. The van der Waals surface area contributed by atoms with Crippen LogP contribution in [0, 0.1) is 6.92 Å². The van der Waals surface area contributed by atoms with Crippen molar-refractivity contribution in [2.45, 2.75) is 45.1 Å². The first-order valence-corrected chi connectivity index (χ1v) is 7.57. The molecule has 108 valence electrons. The second-order valence-electron chi connectivity index (χ2n) is 5.64. The number of hydrogen-bond donors (Lipinski definition) is 1. The number of nitrogens with two attached hydrogens (primary N) is 1. The number of nitrogens with zero attached hydrogens (tertiary/aromatic N) is 4. The average Bonchev–Trinajstić information content (AvgIpc) is 2.86. The van der Waals surface area contributed by atoms with Crippen LogP contribution in [0.2, 0.25) is 0 Å². The predicted molar refractivity (Wildman–Crippen MR) is 81.0 cm³/mol. The Labute approximate surface area is 119 Å². The fourth-order valence-corrected chi connectivity index (χ4v) is 3.25. The Balaban J connectivity index is 1.99. The molecule has 0 radical (unpaired) electrons. The molecule has 1 fully saturated rings. The average molecular weight is 273 g/mol. The molecular weight excluding hydrogens is 250 g/mol. The van der Waals surface area contributed by atoms with Crippen LogP contribution in [0.4, 0.5) is 5.82 Å². The first-order valence-electron chi connectivity index (χ1n) is 7.57. The molecule has 1 saturated carbocycles. The zero-order chi connectivity index (χ0) is 13.9. The fourth-order valence-electron chi connectivity index (χ4n) is 3.25. The first-order chi connectivity index (χ1) is 9.79. The highest BCUT2D eigenvalue weighted by atomic mass is 15.3. The molecular formula is C15H23N5. The Morgan fingerprint density at radius 1 is 1.35 bits per heavy atom. The molecule has 1 aliphatic carbocycles. The van der Waals surface area contributed by atoms with E-state index in [4.69, 9.17) is 5.73 Å². The zero-order valence-electron chi connectivity index (χ0n) is 12.1. The molecule has 2 aromatic heterocycles. The quantitative estimate of drug-likeness (QED) is 0.927. The molecule has 0 unspecified atom stereocenters. The number of aromatic nitrogens is 3. The van der Waals surface area contributed by atoms with Crippen LogP contribution >= 0.6 is 0 Å². The maximum atomic E-state index is 5.83. The summed E-state index contributed by atoms with van der Waals surface area (Å²) in [5.41, 5.74) is 7.94. The molecule has 3 rings (SSSR count). The van der Waals surface area contributed by atoms with Gasteiger partial charge in [-0.3, -0.25) is 0 Å². The maximum absolute atomic E-state index is 5.83. The lowest BCUT2D eigenvalue weighted by molar-refractivity contribution is 0.414. The number of fused-ring (bicyclic) bond motifs is 1. The van der Waals surface area contributed by atoms with Crippen LogP contribution in [-0.2, 0) is 0 Å². The van der Waals surface area contributed by atoms with E-state index in [9.17, 15) is 0 Å². The van der Waals surface area contributed by atoms with E-state index in [0.29, 0.717) is 12.6 Å². The molecule has 2 N–H and O–H groups in total. The molecule has 0 amide bonds. The number of aryl methyl sites for hydroxylation is 1. The third kappa shape index (κ3) is 2.50. The number of anilines is 1. The van der Waals surface area contributed by atoms with Gasteiger partial charge in [0, 0.05) is 31.5 Å². The van der Waals surface area contributed by atoms with Gasteiger partial charge in [0.15, 0.2) is 5.82 Å². The van der Waals surface area contributed by atoms with Crippen LogP contribution in [0.15, 0.2) is 18.5 Å². The molecule has 0 spiro atoms. The minimum Gasteiger partial charge on any atom is -0.351 e. The summed E-state index contributed by atoms with van der Waals surface area (Å²) in [6.45, 7) is 3.54. The van der Waals surface area contributed by atoms with Gasteiger partial charge in [-0.25, -0.2) is 9.50 Å². The smallest absolute Gasteiger partial charge is 0.154 e. The molecule has 0 saturated heterocycles. The monoisotopic (exact) mass is 273 g/mol. The van der Waals surface area contributed by atoms with Gasteiger partial charge in [-0.1, -0.05) is 19.3 Å². The van der Waals surface area contributed by atoms with Crippen LogP contribution in [0.1, 0.15) is 37.8 Å². The summed E-state index contributed by atoms with van der Waals surface area (Å²) in [6, 6.07) is 2.68. The molecule has 2 aromatic rings. The molecule has 0 aromatic carbocycles. The highest BCUT2D eigenvalue weighted by Gasteiger charge is 2.23. The van der Waals surface area contributed by atoms with Crippen LogP contribution in [-0.4, -0.2) is 33.7 Å². The standard InChI is InChI=1S/C15H23N5/c1-12-11-14-15(17-8-10-20(14)18-12)19(9-7-16)13-5-3-2-4-6-13/h8,10-11,13H,2-7,9,16H2,1H3. The Bertz CT molecular complexity index is 571. The SMILES string of the molecule is Cc1cc2c(N(CCN)C3CCCCC3)nccn2n1. The van der Waals surface area contributed by atoms with Gasteiger partial charge in [0.1, 0.15) is 5.52 Å². The second-order valence-corrected chi connectivity index (χ2v) is 5.64. The van der Waals surface area contributed by atoms with Gasteiger partial charge in [-0.2, -0.15) is 5.10 Å². The normalized spacial score (nSPS) is 16.7. The molecule has 20 heavy (non-hydrogen) atoms. The van der Waals surface area contributed by atoms with E-state index in [1.165, 1.54) is 32.1 Å². The third-order valence-corrected chi connectivity index (χ3v) is 4.15. The summed E-state index contributed by atoms with van der Waals surface area (Å²) in [4.78, 5) is 7.02. The lowest BCUT2D eigenvalue weighted by atomic mass is 9.94. The Kier molecular flexibility index (Phi) is 3.87. The minimum absolute atomic E-state index is 0.571. The van der Waals surface area contributed by atoms with Gasteiger partial charge < -0.3 is 10.6 Å². The van der Waals surface area contributed by atoms with Gasteiger partial charge in [0.05, 0.1) is 5.69 Å². The van der Waals surface area contributed by atoms with Crippen molar-refractivity contribution in [3.8, 4) is 0 Å². The topological polar surface area (TPSA) is 59.5 Å². The summed E-state index contributed by atoms with van der Waals surface area (Å²) >= 11 is 0. The molecule has 0 atom stereocenters. The molecule has 0 bridgehead atoms. The summed E-state index contributed by atoms with van der Waals surface area (Å²) in [7, 11) is 0. The van der Waals surface area contributed by atoms with Crippen molar-refractivity contribution in [3.63, 3.8) is 0 Å². The van der Waals surface area contributed by atoms with Crippen LogP contribution in [0.5, 0.6) is 0 Å².